The van der Waals surface area contributed by atoms with E-state index in [0.29, 0.717) is 11.1 Å². The van der Waals surface area contributed by atoms with Gasteiger partial charge in [-0.15, -0.1) is 0 Å². The predicted molar refractivity (Wildman–Crippen MR) is 135 cm³/mol. The van der Waals surface area contributed by atoms with Crippen LogP contribution in [0.4, 0.5) is 15.8 Å². The molecule has 0 unspecified atom stereocenters. The number of fused-ring (bicyclic) bond motifs is 1. The SMILES string of the molecule is CCCC[C@@H]1CN(c2ccccc2)c2cc(F)c(-c3cc(C(=O)O)ccc3CO)cc2SN1C. The number of benzene rings is 3. The molecule has 0 aliphatic carbocycles. The molecule has 0 saturated carbocycles. The zero-order valence-electron chi connectivity index (χ0n) is 19.4. The summed E-state index contributed by atoms with van der Waals surface area (Å²) in [5.74, 6) is -1.55. The minimum atomic E-state index is -1.09. The van der Waals surface area contributed by atoms with Gasteiger partial charge in [-0.25, -0.2) is 13.5 Å². The van der Waals surface area contributed by atoms with E-state index in [9.17, 15) is 15.0 Å². The minimum absolute atomic E-state index is 0.0526. The second kappa shape index (κ2) is 10.6. The summed E-state index contributed by atoms with van der Waals surface area (Å²) in [4.78, 5) is 14.6. The number of carbonyl (C=O) groups is 1. The van der Waals surface area contributed by atoms with E-state index in [-0.39, 0.29) is 23.8 Å². The third-order valence-electron chi connectivity index (χ3n) is 6.27. The van der Waals surface area contributed by atoms with Crippen LogP contribution < -0.4 is 4.90 Å². The van der Waals surface area contributed by atoms with Crippen LogP contribution in [0.1, 0.15) is 42.1 Å². The largest absolute Gasteiger partial charge is 0.478 e. The fourth-order valence-corrected chi connectivity index (χ4v) is 5.42. The van der Waals surface area contributed by atoms with Gasteiger partial charge in [0.1, 0.15) is 5.82 Å². The Morgan fingerprint density at radius 1 is 1.12 bits per heavy atom. The standard InChI is InChI=1S/C27H29FN2O3S/c1-3-4-8-21-16-30(20-9-6-5-7-10-20)25-15-24(28)23(14-26(25)34-29(21)2)22-13-18(27(32)33)11-12-19(22)17-31/h5-7,9-15,21,31H,3-4,8,16-17H2,1-2H3,(H,32,33)/t21-/m1/s1. The molecular weight excluding hydrogens is 451 g/mol. The number of hydrogen-bond acceptors (Lipinski definition) is 5. The Morgan fingerprint density at radius 3 is 2.56 bits per heavy atom. The Balaban J connectivity index is 1.86. The number of unbranched alkanes of at least 4 members (excludes halogenated alkanes) is 1. The Morgan fingerprint density at radius 2 is 1.88 bits per heavy atom. The number of para-hydroxylation sites is 1. The molecule has 4 rings (SSSR count). The van der Waals surface area contributed by atoms with Gasteiger partial charge in [0.15, 0.2) is 0 Å². The van der Waals surface area contributed by atoms with Gasteiger partial charge < -0.3 is 15.1 Å². The Hall–Kier alpha value is -2.87. The van der Waals surface area contributed by atoms with Crippen LogP contribution in [-0.2, 0) is 6.61 Å². The van der Waals surface area contributed by atoms with Crippen molar-refractivity contribution in [1.82, 2.24) is 4.31 Å². The van der Waals surface area contributed by atoms with E-state index >= 15 is 4.39 Å². The van der Waals surface area contributed by atoms with E-state index in [2.05, 4.69) is 23.2 Å². The highest BCUT2D eigenvalue weighted by Crippen LogP contribution is 2.44. The van der Waals surface area contributed by atoms with Crippen molar-refractivity contribution in [1.29, 1.82) is 0 Å². The number of aliphatic hydroxyl groups excluding tert-OH is 1. The summed E-state index contributed by atoms with van der Waals surface area (Å²) in [7, 11) is 2.07. The van der Waals surface area contributed by atoms with Crippen LogP contribution in [0.3, 0.4) is 0 Å². The lowest BCUT2D eigenvalue weighted by atomic mass is 9.96. The molecule has 0 bridgehead atoms. The highest BCUT2D eigenvalue weighted by molar-refractivity contribution is 7.97. The third kappa shape index (κ3) is 4.97. The number of carboxylic acid groups (broad SMARTS) is 1. The average Bonchev–Trinajstić information content (AvgIpc) is 2.98. The highest BCUT2D eigenvalue weighted by Gasteiger charge is 2.29. The van der Waals surface area contributed by atoms with Crippen molar-refractivity contribution in [2.45, 2.75) is 43.7 Å². The van der Waals surface area contributed by atoms with Gasteiger partial charge in [-0.2, -0.15) is 0 Å². The van der Waals surface area contributed by atoms with Crippen molar-refractivity contribution in [2.75, 3.05) is 18.5 Å². The van der Waals surface area contributed by atoms with E-state index in [1.165, 1.54) is 18.2 Å². The van der Waals surface area contributed by atoms with Gasteiger partial charge in [0.05, 0.1) is 17.9 Å². The van der Waals surface area contributed by atoms with Crippen molar-refractivity contribution >= 4 is 29.3 Å². The van der Waals surface area contributed by atoms with Crippen LogP contribution in [0.2, 0.25) is 0 Å². The van der Waals surface area contributed by atoms with Crippen molar-refractivity contribution in [3.63, 3.8) is 0 Å². The Bertz CT molecular complexity index is 1170. The van der Waals surface area contributed by atoms with Gasteiger partial charge in [0.25, 0.3) is 0 Å². The molecule has 34 heavy (non-hydrogen) atoms. The fourth-order valence-electron chi connectivity index (χ4n) is 4.35. The van der Waals surface area contributed by atoms with Crippen molar-refractivity contribution in [3.05, 3.63) is 77.6 Å². The predicted octanol–water partition coefficient (Wildman–Crippen LogP) is 6.33. The van der Waals surface area contributed by atoms with Gasteiger partial charge in [-0.1, -0.05) is 44.0 Å². The van der Waals surface area contributed by atoms with Crippen molar-refractivity contribution in [3.8, 4) is 11.1 Å². The van der Waals surface area contributed by atoms with Gasteiger partial charge >= 0.3 is 5.97 Å². The Labute approximate surface area is 204 Å². The molecule has 7 heteroatoms. The maximum Gasteiger partial charge on any atom is 0.335 e. The van der Waals surface area contributed by atoms with Gasteiger partial charge in [-0.05, 0) is 72.9 Å². The Kier molecular flexibility index (Phi) is 7.56. The number of anilines is 2. The maximum absolute atomic E-state index is 15.7. The average molecular weight is 481 g/mol. The quantitative estimate of drug-likeness (QED) is 0.385. The molecular formula is C27H29FN2O3S. The molecule has 3 aromatic rings. The summed E-state index contributed by atoms with van der Waals surface area (Å²) in [6.07, 6.45) is 3.24. The van der Waals surface area contributed by atoms with Crippen molar-refractivity contribution < 1.29 is 19.4 Å². The number of rotatable bonds is 7. The van der Waals surface area contributed by atoms with E-state index in [4.69, 9.17) is 0 Å². The lowest BCUT2D eigenvalue weighted by molar-refractivity contribution is 0.0697. The minimum Gasteiger partial charge on any atom is -0.478 e. The molecule has 5 nitrogen and oxygen atoms in total. The number of aromatic carboxylic acids is 1. The van der Waals surface area contributed by atoms with Crippen LogP contribution in [0.5, 0.6) is 0 Å². The summed E-state index contributed by atoms with van der Waals surface area (Å²) in [5, 5.41) is 19.3. The van der Waals surface area contributed by atoms with Crippen LogP contribution >= 0.6 is 11.9 Å². The summed E-state index contributed by atoms with van der Waals surface area (Å²) in [6.45, 7) is 2.60. The molecule has 0 aromatic heterocycles. The number of halogens is 1. The smallest absolute Gasteiger partial charge is 0.335 e. The highest BCUT2D eigenvalue weighted by atomic mass is 32.2. The zero-order valence-corrected chi connectivity index (χ0v) is 20.2. The number of nitrogens with zero attached hydrogens (tertiary/aromatic N) is 2. The number of aliphatic hydroxyl groups is 1. The fraction of sp³-hybridized carbons (Fsp3) is 0.296. The van der Waals surface area contributed by atoms with Gasteiger partial charge in [0, 0.05) is 28.7 Å². The molecule has 1 atom stereocenters. The topological polar surface area (TPSA) is 64.0 Å². The molecule has 3 aromatic carbocycles. The lowest BCUT2D eigenvalue weighted by Crippen LogP contribution is -2.35. The molecule has 1 aliphatic heterocycles. The van der Waals surface area contributed by atoms with Crippen LogP contribution in [0.15, 0.2) is 65.6 Å². The van der Waals surface area contributed by atoms with Crippen LogP contribution in [0, 0.1) is 5.82 Å². The summed E-state index contributed by atoms with van der Waals surface area (Å²) in [5.41, 5.74) is 2.99. The first-order valence-electron chi connectivity index (χ1n) is 11.5. The molecule has 2 N–H and O–H groups in total. The third-order valence-corrected chi connectivity index (χ3v) is 7.38. The van der Waals surface area contributed by atoms with Crippen LogP contribution in [0.25, 0.3) is 11.1 Å². The molecule has 0 fully saturated rings. The molecule has 0 spiro atoms. The zero-order chi connectivity index (χ0) is 24.2. The molecule has 1 heterocycles. The van der Waals surface area contributed by atoms with Gasteiger partial charge in [-0.3, -0.25) is 0 Å². The van der Waals surface area contributed by atoms with E-state index in [0.717, 1.165) is 42.1 Å². The first-order valence-corrected chi connectivity index (χ1v) is 12.2. The normalized spacial score (nSPS) is 16.2. The monoisotopic (exact) mass is 480 g/mol. The number of carboxylic acids is 1. The molecule has 0 amide bonds. The van der Waals surface area contributed by atoms with Crippen molar-refractivity contribution in [2.24, 2.45) is 0 Å². The lowest BCUT2D eigenvalue weighted by Gasteiger charge is -2.30. The van der Waals surface area contributed by atoms with Crippen LogP contribution in [-0.4, -0.2) is 40.1 Å². The molecule has 178 valence electrons. The number of likely N-dealkylation sites (N-methyl/N-ethyl adjacent to an activating group) is 1. The van der Waals surface area contributed by atoms with E-state index in [1.54, 1.807) is 24.1 Å². The summed E-state index contributed by atoms with van der Waals surface area (Å²) < 4.78 is 17.9. The molecule has 0 saturated heterocycles. The molecule has 1 aliphatic rings. The maximum atomic E-state index is 15.7. The summed E-state index contributed by atoms with van der Waals surface area (Å²) >= 11 is 1.58. The molecule has 0 radical (unpaired) electrons. The first-order chi connectivity index (χ1) is 16.4. The second-order valence-corrected chi connectivity index (χ2v) is 9.71. The van der Waals surface area contributed by atoms with Gasteiger partial charge in [0.2, 0.25) is 0 Å². The number of hydrogen-bond donors (Lipinski definition) is 2. The first kappa shape index (κ1) is 24.3. The summed E-state index contributed by atoms with van der Waals surface area (Å²) in [6, 6.07) is 18.0. The van der Waals surface area contributed by atoms with E-state index in [1.807, 2.05) is 30.3 Å². The van der Waals surface area contributed by atoms with E-state index < -0.39 is 11.8 Å². The second-order valence-electron chi connectivity index (χ2n) is 8.51.